The van der Waals surface area contributed by atoms with Crippen molar-refractivity contribution in [2.75, 3.05) is 0 Å². The van der Waals surface area contributed by atoms with Gasteiger partial charge in [-0.15, -0.1) is 0 Å². The highest BCUT2D eigenvalue weighted by molar-refractivity contribution is 5.36. The van der Waals surface area contributed by atoms with Gasteiger partial charge in [0.05, 0.1) is 11.4 Å². The molecule has 0 bridgehead atoms. The molecule has 0 radical (unpaired) electrons. The molecule has 0 aliphatic rings. The van der Waals surface area contributed by atoms with Crippen LogP contribution in [0.15, 0.2) is 30.3 Å². The summed E-state index contributed by atoms with van der Waals surface area (Å²) in [5, 5.41) is 8.37. The SMILES string of the molecule is CCCC(C)(C)NCc1c(C)nn(-c2ccccc2)c1C. The van der Waals surface area contributed by atoms with Crippen LogP contribution in [0, 0.1) is 13.8 Å². The summed E-state index contributed by atoms with van der Waals surface area (Å²) in [5.74, 6) is 0. The Balaban J connectivity index is 2.21. The second-order valence-corrected chi connectivity index (χ2v) is 6.38. The molecular weight excluding hydrogens is 258 g/mol. The average molecular weight is 285 g/mol. The van der Waals surface area contributed by atoms with Gasteiger partial charge in [0, 0.05) is 23.3 Å². The smallest absolute Gasteiger partial charge is 0.0648 e. The number of rotatable bonds is 6. The van der Waals surface area contributed by atoms with Crippen molar-refractivity contribution >= 4 is 0 Å². The van der Waals surface area contributed by atoms with Crippen molar-refractivity contribution in [1.29, 1.82) is 0 Å². The summed E-state index contributed by atoms with van der Waals surface area (Å²) in [4.78, 5) is 0. The van der Waals surface area contributed by atoms with E-state index in [2.05, 4.69) is 52.1 Å². The third-order valence-corrected chi connectivity index (χ3v) is 4.06. The number of benzene rings is 1. The molecule has 0 unspecified atom stereocenters. The fourth-order valence-electron chi connectivity index (χ4n) is 2.79. The summed E-state index contributed by atoms with van der Waals surface area (Å²) in [6, 6.07) is 10.3. The monoisotopic (exact) mass is 285 g/mol. The first-order chi connectivity index (χ1) is 9.94. The van der Waals surface area contributed by atoms with Gasteiger partial charge in [-0.1, -0.05) is 31.5 Å². The highest BCUT2D eigenvalue weighted by atomic mass is 15.3. The number of hydrogen-bond acceptors (Lipinski definition) is 2. The van der Waals surface area contributed by atoms with E-state index >= 15 is 0 Å². The maximum atomic E-state index is 4.70. The van der Waals surface area contributed by atoms with Gasteiger partial charge in [-0.2, -0.15) is 5.10 Å². The van der Waals surface area contributed by atoms with E-state index in [0.29, 0.717) is 0 Å². The summed E-state index contributed by atoms with van der Waals surface area (Å²) >= 11 is 0. The van der Waals surface area contributed by atoms with E-state index < -0.39 is 0 Å². The molecule has 0 aliphatic carbocycles. The van der Waals surface area contributed by atoms with Crippen molar-refractivity contribution in [3.63, 3.8) is 0 Å². The number of aromatic nitrogens is 2. The Kier molecular flexibility index (Phi) is 4.84. The van der Waals surface area contributed by atoms with Gasteiger partial charge < -0.3 is 5.32 Å². The first-order valence-corrected chi connectivity index (χ1v) is 7.80. The lowest BCUT2D eigenvalue weighted by atomic mass is 9.98. The number of hydrogen-bond donors (Lipinski definition) is 1. The van der Waals surface area contributed by atoms with E-state index in [0.717, 1.165) is 17.9 Å². The quantitative estimate of drug-likeness (QED) is 0.863. The molecule has 2 aromatic rings. The highest BCUT2D eigenvalue weighted by Gasteiger charge is 2.18. The third-order valence-electron chi connectivity index (χ3n) is 4.06. The number of aryl methyl sites for hydroxylation is 1. The van der Waals surface area contributed by atoms with E-state index in [4.69, 9.17) is 5.10 Å². The van der Waals surface area contributed by atoms with Crippen molar-refractivity contribution in [3.8, 4) is 5.69 Å². The van der Waals surface area contributed by atoms with Gasteiger partial charge in [-0.25, -0.2) is 4.68 Å². The van der Waals surface area contributed by atoms with Crippen molar-refractivity contribution in [2.24, 2.45) is 0 Å². The third kappa shape index (κ3) is 3.73. The highest BCUT2D eigenvalue weighted by Crippen LogP contribution is 2.19. The first-order valence-electron chi connectivity index (χ1n) is 7.80. The zero-order valence-electron chi connectivity index (χ0n) is 13.9. The Morgan fingerprint density at radius 3 is 2.43 bits per heavy atom. The molecule has 114 valence electrons. The lowest BCUT2D eigenvalue weighted by Gasteiger charge is -2.26. The summed E-state index contributed by atoms with van der Waals surface area (Å²) in [7, 11) is 0. The van der Waals surface area contributed by atoms with Crippen LogP contribution < -0.4 is 5.32 Å². The average Bonchev–Trinajstić information content (AvgIpc) is 2.73. The lowest BCUT2D eigenvalue weighted by molar-refractivity contribution is 0.356. The molecule has 0 spiro atoms. The number of nitrogens with one attached hydrogen (secondary N) is 1. The summed E-state index contributed by atoms with van der Waals surface area (Å²) in [5.41, 5.74) is 4.93. The molecule has 0 amide bonds. The molecule has 0 atom stereocenters. The van der Waals surface area contributed by atoms with Crippen LogP contribution in [0.1, 0.15) is 50.6 Å². The van der Waals surface area contributed by atoms with Crippen LogP contribution in [0.5, 0.6) is 0 Å². The van der Waals surface area contributed by atoms with Crippen molar-refractivity contribution in [2.45, 2.75) is 59.5 Å². The van der Waals surface area contributed by atoms with Crippen molar-refractivity contribution in [1.82, 2.24) is 15.1 Å². The molecule has 1 aromatic heterocycles. The summed E-state index contributed by atoms with van der Waals surface area (Å²) in [6.45, 7) is 11.9. The Morgan fingerprint density at radius 2 is 1.81 bits per heavy atom. The van der Waals surface area contributed by atoms with Gasteiger partial charge in [-0.3, -0.25) is 0 Å². The van der Waals surface area contributed by atoms with Crippen LogP contribution in [-0.2, 0) is 6.54 Å². The van der Waals surface area contributed by atoms with Crippen molar-refractivity contribution in [3.05, 3.63) is 47.3 Å². The summed E-state index contributed by atoms with van der Waals surface area (Å²) in [6.07, 6.45) is 2.37. The fraction of sp³-hybridized carbons (Fsp3) is 0.500. The first kappa shape index (κ1) is 15.8. The number of nitrogens with zero attached hydrogens (tertiary/aromatic N) is 2. The fourth-order valence-corrected chi connectivity index (χ4v) is 2.79. The van der Waals surface area contributed by atoms with Crippen LogP contribution in [0.2, 0.25) is 0 Å². The Labute approximate surface area is 128 Å². The minimum Gasteiger partial charge on any atom is -0.308 e. The minimum atomic E-state index is 0.169. The molecular formula is C18H27N3. The van der Waals surface area contributed by atoms with Crippen LogP contribution in [0.25, 0.3) is 5.69 Å². The maximum Gasteiger partial charge on any atom is 0.0648 e. The topological polar surface area (TPSA) is 29.9 Å². The van der Waals surface area contributed by atoms with E-state index in [-0.39, 0.29) is 5.54 Å². The lowest BCUT2D eigenvalue weighted by Crippen LogP contribution is -2.38. The van der Waals surface area contributed by atoms with Crippen molar-refractivity contribution < 1.29 is 0 Å². The second-order valence-electron chi connectivity index (χ2n) is 6.38. The van der Waals surface area contributed by atoms with Crippen LogP contribution in [0.3, 0.4) is 0 Å². The number of para-hydroxylation sites is 1. The van der Waals surface area contributed by atoms with E-state index in [1.807, 2.05) is 22.9 Å². The molecule has 1 aromatic carbocycles. The van der Waals surface area contributed by atoms with Gasteiger partial charge in [0.1, 0.15) is 0 Å². The van der Waals surface area contributed by atoms with E-state index in [9.17, 15) is 0 Å². The molecule has 0 fully saturated rings. The molecule has 1 N–H and O–H groups in total. The molecule has 2 rings (SSSR count). The Hall–Kier alpha value is -1.61. The molecule has 0 saturated carbocycles. The standard InChI is InChI=1S/C18H27N3/c1-6-12-18(4,5)19-13-17-14(2)20-21(15(17)3)16-10-8-7-9-11-16/h7-11,19H,6,12-13H2,1-5H3. The predicted octanol–water partition coefficient (Wildman–Crippen LogP) is 4.16. The van der Waals surface area contributed by atoms with Gasteiger partial charge in [0.2, 0.25) is 0 Å². The maximum absolute atomic E-state index is 4.70. The van der Waals surface area contributed by atoms with Gasteiger partial charge in [0.25, 0.3) is 0 Å². The zero-order chi connectivity index (χ0) is 15.5. The molecule has 1 heterocycles. The molecule has 0 saturated heterocycles. The molecule has 21 heavy (non-hydrogen) atoms. The Bertz CT molecular complexity index is 582. The van der Waals surface area contributed by atoms with E-state index in [1.54, 1.807) is 0 Å². The van der Waals surface area contributed by atoms with Crippen LogP contribution in [-0.4, -0.2) is 15.3 Å². The summed E-state index contributed by atoms with van der Waals surface area (Å²) < 4.78 is 2.04. The molecule has 3 nitrogen and oxygen atoms in total. The Morgan fingerprint density at radius 1 is 1.14 bits per heavy atom. The minimum absolute atomic E-state index is 0.169. The second kappa shape index (κ2) is 6.44. The predicted molar refractivity (Wildman–Crippen MR) is 88.9 cm³/mol. The molecule has 3 heteroatoms. The van der Waals surface area contributed by atoms with Crippen LogP contribution in [0.4, 0.5) is 0 Å². The largest absolute Gasteiger partial charge is 0.308 e. The van der Waals surface area contributed by atoms with Gasteiger partial charge >= 0.3 is 0 Å². The van der Waals surface area contributed by atoms with Gasteiger partial charge in [0.15, 0.2) is 0 Å². The van der Waals surface area contributed by atoms with Gasteiger partial charge in [-0.05, 0) is 46.2 Å². The normalized spacial score (nSPS) is 11.9. The molecule has 0 aliphatic heterocycles. The zero-order valence-corrected chi connectivity index (χ0v) is 13.9. The van der Waals surface area contributed by atoms with E-state index in [1.165, 1.54) is 24.1 Å². The van der Waals surface area contributed by atoms with Crippen LogP contribution >= 0.6 is 0 Å².